The fourth-order valence-electron chi connectivity index (χ4n) is 3.32. The maximum atomic E-state index is 11.8. The number of rotatable bonds is 5. The molecule has 4 heterocycles. The molecule has 0 spiro atoms. The van der Waals surface area contributed by atoms with Crippen LogP contribution in [0.3, 0.4) is 0 Å². The number of nitrogens with zero attached hydrogens (tertiary/aromatic N) is 2. The summed E-state index contributed by atoms with van der Waals surface area (Å²) >= 11 is 1.58. The van der Waals surface area contributed by atoms with E-state index >= 15 is 0 Å². The van der Waals surface area contributed by atoms with E-state index in [2.05, 4.69) is 26.5 Å². The molecule has 0 aromatic carbocycles. The molecule has 2 N–H and O–H groups in total. The SMILES string of the molecule is CNC(=O)c1ccc([C@H]2CCCN2Cc2ccc(-c3ccn[nH]3)o2)s1. The molecule has 1 atom stereocenters. The average Bonchev–Trinajstić information content (AvgIpc) is 3.38. The van der Waals surface area contributed by atoms with Gasteiger partial charge in [0.2, 0.25) is 0 Å². The first-order valence-corrected chi connectivity index (χ1v) is 9.20. The molecule has 0 saturated carbocycles. The second-order valence-corrected chi connectivity index (χ2v) is 7.26. The third-order valence-electron chi connectivity index (χ3n) is 4.56. The molecule has 0 radical (unpaired) electrons. The quantitative estimate of drug-likeness (QED) is 0.734. The number of thiophene rings is 1. The van der Waals surface area contributed by atoms with Gasteiger partial charge in [-0.1, -0.05) is 0 Å². The molecule has 0 aliphatic carbocycles. The Bertz CT molecular complexity index is 852. The minimum absolute atomic E-state index is 0.0176. The summed E-state index contributed by atoms with van der Waals surface area (Å²) in [6, 6.07) is 10.2. The molecule has 3 aromatic rings. The monoisotopic (exact) mass is 356 g/mol. The van der Waals surface area contributed by atoms with Gasteiger partial charge in [-0.15, -0.1) is 11.3 Å². The summed E-state index contributed by atoms with van der Waals surface area (Å²) in [6.45, 7) is 1.81. The van der Waals surface area contributed by atoms with Crippen LogP contribution in [-0.4, -0.2) is 34.6 Å². The Labute approximate surface area is 149 Å². The van der Waals surface area contributed by atoms with E-state index in [1.807, 2.05) is 24.3 Å². The Kier molecular flexibility index (Phi) is 4.42. The number of nitrogens with one attached hydrogen (secondary N) is 2. The highest BCUT2D eigenvalue weighted by molar-refractivity contribution is 7.14. The van der Waals surface area contributed by atoms with Crippen molar-refractivity contribution in [1.29, 1.82) is 0 Å². The maximum Gasteiger partial charge on any atom is 0.261 e. The first kappa shape index (κ1) is 16.1. The third-order valence-corrected chi connectivity index (χ3v) is 5.74. The molecule has 25 heavy (non-hydrogen) atoms. The largest absolute Gasteiger partial charge is 0.458 e. The highest BCUT2D eigenvalue weighted by Gasteiger charge is 2.28. The highest BCUT2D eigenvalue weighted by Crippen LogP contribution is 2.37. The number of aromatic nitrogens is 2. The summed E-state index contributed by atoms with van der Waals surface area (Å²) in [5, 5.41) is 9.57. The number of H-pyrrole nitrogens is 1. The van der Waals surface area contributed by atoms with Crippen molar-refractivity contribution >= 4 is 17.2 Å². The molecule has 1 aliphatic rings. The van der Waals surface area contributed by atoms with E-state index in [-0.39, 0.29) is 5.91 Å². The molecule has 0 bridgehead atoms. The Morgan fingerprint density at radius 1 is 1.40 bits per heavy atom. The maximum absolute atomic E-state index is 11.8. The average molecular weight is 356 g/mol. The molecule has 3 aromatic heterocycles. The zero-order valence-corrected chi connectivity index (χ0v) is 14.8. The van der Waals surface area contributed by atoms with E-state index in [0.717, 1.165) is 48.0 Å². The number of amides is 1. The molecular formula is C18H20N4O2S. The van der Waals surface area contributed by atoms with Crippen molar-refractivity contribution in [2.24, 2.45) is 0 Å². The Morgan fingerprint density at radius 3 is 3.12 bits per heavy atom. The van der Waals surface area contributed by atoms with Crippen LogP contribution in [-0.2, 0) is 6.54 Å². The fraction of sp³-hybridized carbons (Fsp3) is 0.333. The van der Waals surface area contributed by atoms with E-state index in [4.69, 9.17) is 4.42 Å². The molecule has 130 valence electrons. The summed E-state index contributed by atoms with van der Waals surface area (Å²) in [5.74, 6) is 1.73. The van der Waals surface area contributed by atoms with Crippen molar-refractivity contribution in [1.82, 2.24) is 20.4 Å². The lowest BCUT2D eigenvalue weighted by atomic mass is 10.2. The second-order valence-electron chi connectivity index (χ2n) is 6.15. The van der Waals surface area contributed by atoms with E-state index in [1.165, 1.54) is 4.88 Å². The zero-order chi connectivity index (χ0) is 17.2. The molecule has 4 rings (SSSR count). The Balaban J connectivity index is 1.48. The standard InChI is InChI=1S/C18H20N4O2S/c1-19-18(23)17-7-6-16(25-17)14-3-2-10-22(14)11-12-4-5-15(24-12)13-8-9-20-21-13/h4-9,14H,2-3,10-11H2,1H3,(H,19,23)(H,20,21)/t14-/m1/s1. The number of carbonyl (C=O) groups excluding carboxylic acids is 1. The normalized spacial score (nSPS) is 17.9. The van der Waals surface area contributed by atoms with Gasteiger partial charge in [0, 0.05) is 24.2 Å². The van der Waals surface area contributed by atoms with Gasteiger partial charge in [0.05, 0.1) is 11.4 Å². The number of hydrogen-bond acceptors (Lipinski definition) is 5. The Morgan fingerprint density at radius 2 is 2.32 bits per heavy atom. The van der Waals surface area contributed by atoms with Gasteiger partial charge in [-0.2, -0.15) is 5.10 Å². The van der Waals surface area contributed by atoms with Crippen LogP contribution in [0.1, 0.15) is 39.2 Å². The highest BCUT2D eigenvalue weighted by atomic mass is 32.1. The lowest BCUT2D eigenvalue weighted by Crippen LogP contribution is -2.21. The predicted molar refractivity (Wildman–Crippen MR) is 96.4 cm³/mol. The van der Waals surface area contributed by atoms with Gasteiger partial charge < -0.3 is 9.73 Å². The molecule has 0 unspecified atom stereocenters. The summed E-state index contributed by atoms with van der Waals surface area (Å²) in [7, 11) is 1.66. The number of hydrogen-bond donors (Lipinski definition) is 2. The molecule has 1 amide bonds. The van der Waals surface area contributed by atoms with Gasteiger partial charge in [0.1, 0.15) is 11.5 Å². The van der Waals surface area contributed by atoms with Gasteiger partial charge >= 0.3 is 0 Å². The fourth-order valence-corrected chi connectivity index (χ4v) is 4.44. The number of likely N-dealkylation sites (tertiary alicyclic amines) is 1. The minimum Gasteiger partial charge on any atom is -0.458 e. The van der Waals surface area contributed by atoms with E-state index in [1.54, 1.807) is 24.6 Å². The van der Waals surface area contributed by atoms with Crippen molar-refractivity contribution in [2.45, 2.75) is 25.4 Å². The zero-order valence-electron chi connectivity index (χ0n) is 14.0. The second kappa shape index (κ2) is 6.85. The summed E-state index contributed by atoms with van der Waals surface area (Å²) in [5.41, 5.74) is 0.887. The van der Waals surface area contributed by atoms with Crippen LogP contribution < -0.4 is 5.32 Å². The third kappa shape index (κ3) is 3.25. The van der Waals surface area contributed by atoms with Crippen LogP contribution in [0.25, 0.3) is 11.5 Å². The van der Waals surface area contributed by atoms with Gasteiger partial charge in [-0.3, -0.25) is 14.8 Å². The summed E-state index contributed by atoms with van der Waals surface area (Å²) in [4.78, 5) is 16.2. The number of furan rings is 1. The minimum atomic E-state index is -0.0176. The summed E-state index contributed by atoms with van der Waals surface area (Å²) in [6.07, 6.45) is 3.99. The van der Waals surface area contributed by atoms with Gasteiger partial charge in [0.15, 0.2) is 5.76 Å². The first-order chi connectivity index (χ1) is 12.2. The van der Waals surface area contributed by atoms with Crippen LogP contribution in [0.5, 0.6) is 0 Å². The van der Waals surface area contributed by atoms with Crippen molar-refractivity contribution in [2.75, 3.05) is 13.6 Å². The van der Waals surface area contributed by atoms with Crippen LogP contribution >= 0.6 is 11.3 Å². The topological polar surface area (TPSA) is 74.2 Å². The predicted octanol–water partition coefficient (Wildman–Crippen LogP) is 3.43. The number of carbonyl (C=O) groups is 1. The van der Waals surface area contributed by atoms with Crippen LogP contribution in [0.2, 0.25) is 0 Å². The van der Waals surface area contributed by atoms with Crippen molar-refractivity contribution < 1.29 is 9.21 Å². The van der Waals surface area contributed by atoms with E-state index < -0.39 is 0 Å². The van der Waals surface area contributed by atoms with E-state index in [9.17, 15) is 4.79 Å². The first-order valence-electron chi connectivity index (χ1n) is 8.39. The lowest BCUT2D eigenvalue weighted by Gasteiger charge is -2.22. The van der Waals surface area contributed by atoms with E-state index in [0.29, 0.717) is 6.04 Å². The lowest BCUT2D eigenvalue weighted by molar-refractivity contribution is 0.0967. The van der Waals surface area contributed by atoms with Crippen LogP contribution in [0.15, 0.2) is 40.9 Å². The van der Waals surface area contributed by atoms with Crippen molar-refractivity contribution in [3.63, 3.8) is 0 Å². The van der Waals surface area contributed by atoms with Crippen LogP contribution in [0, 0.1) is 0 Å². The smallest absolute Gasteiger partial charge is 0.261 e. The Hall–Kier alpha value is -2.38. The molecular weight excluding hydrogens is 336 g/mol. The van der Waals surface area contributed by atoms with Crippen molar-refractivity contribution in [3.8, 4) is 11.5 Å². The van der Waals surface area contributed by atoms with Crippen molar-refractivity contribution in [3.05, 3.63) is 52.0 Å². The van der Waals surface area contributed by atoms with Gasteiger partial charge in [-0.05, 0) is 49.7 Å². The molecule has 7 heteroatoms. The summed E-state index contributed by atoms with van der Waals surface area (Å²) < 4.78 is 5.96. The number of aromatic amines is 1. The molecule has 1 saturated heterocycles. The molecule has 1 fully saturated rings. The molecule has 6 nitrogen and oxygen atoms in total. The van der Waals surface area contributed by atoms with Gasteiger partial charge in [-0.25, -0.2) is 0 Å². The van der Waals surface area contributed by atoms with Gasteiger partial charge in [0.25, 0.3) is 5.91 Å². The molecule has 1 aliphatic heterocycles. The van der Waals surface area contributed by atoms with Crippen LogP contribution in [0.4, 0.5) is 0 Å².